The van der Waals surface area contributed by atoms with Gasteiger partial charge >= 0.3 is 0 Å². The van der Waals surface area contributed by atoms with E-state index in [-0.39, 0.29) is 0 Å². The second-order valence-electron chi connectivity index (χ2n) is 6.04. The van der Waals surface area contributed by atoms with E-state index < -0.39 is 0 Å². The van der Waals surface area contributed by atoms with Crippen molar-refractivity contribution in [3.63, 3.8) is 0 Å². The van der Waals surface area contributed by atoms with Gasteiger partial charge in [0.25, 0.3) is 0 Å². The molecule has 0 N–H and O–H groups in total. The van der Waals surface area contributed by atoms with Gasteiger partial charge in [0.15, 0.2) is 0 Å². The molecule has 0 spiro atoms. The van der Waals surface area contributed by atoms with Gasteiger partial charge in [0.05, 0.1) is 0 Å². The van der Waals surface area contributed by atoms with Crippen LogP contribution in [0, 0.1) is 23.7 Å². The lowest BCUT2D eigenvalue weighted by molar-refractivity contribution is 0.669. The lowest BCUT2D eigenvalue weighted by Crippen LogP contribution is -2.07. The van der Waals surface area contributed by atoms with Crippen LogP contribution in [0.3, 0.4) is 0 Å². The molecule has 0 aliphatic rings. The molecule has 0 heterocycles. The lowest BCUT2D eigenvalue weighted by atomic mass is 9.84. The Morgan fingerprint density at radius 3 is 0.938 bits per heavy atom. The second kappa shape index (κ2) is 6.93. The van der Waals surface area contributed by atoms with Crippen LogP contribution in [0.1, 0.15) is 55.4 Å². The summed E-state index contributed by atoms with van der Waals surface area (Å²) in [5, 5.41) is 0. The molecule has 0 aromatic rings. The van der Waals surface area contributed by atoms with Crippen molar-refractivity contribution in [2.45, 2.75) is 55.4 Å². The Bertz CT molecular complexity index is 221. The van der Waals surface area contributed by atoms with Crippen molar-refractivity contribution < 1.29 is 0 Å². The van der Waals surface area contributed by atoms with E-state index in [1.165, 1.54) is 0 Å². The molecule has 0 amide bonds. The Hall–Kier alpha value is -0.520. The molecule has 0 saturated heterocycles. The van der Waals surface area contributed by atoms with Crippen molar-refractivity contribution in [2.75, 3.05) is 0 Å². The fourth-order valence-electron chi connectivity index (χ4n) is 1.96. The molecular weight excluding hydrogens is 192 g/mol. The minimum absolute atomic E-state index is 0.620. The highest BCUT2D eigenvalue weighted by Crippen LogP contribution is 2.28. The van der Waals surface area contributed by atoms with Crippen molar-refractivity contribution in [1.29, 1.82) is 0 Å². The maximum absolute atomic E-state index is 2.43. The molecule has 0 aromatic heterocycles. The van der Waals surface area contributed by atoms with Crippen LogP contribution in [-0.2, 0) is 0 Å². The molecule has 94 valence electrons. The molecule has 0 nitrogen and oxygen atoms in total. The molecule has 0 aromatic carbocycles. The van der Waals surface area contributed by atoms with E-state index in [1.54, 1.807) is 11.1 Å². The van der Waals surface area contributed by atoms with E-state index >= 15 is 0 Å². The molecule has 0 heteroatoms. The Morgan fingerprint density at radius 1 is 0.562 bits per heavy atom. The van der Waals surface area contributed by atoms with E-state index in [4.69, 9.17) is 0 Å². The number of allylic oxidation sites excluding steroid dienone is 4. The molecule has 0 atom stereocenters. The predicted molar refractivity (Wildman–Crippen MR) is 75.5 cm³/mol. The molecule has 0 bridgehead atoms. The van der Waals surface area contributed by atoms with Crippen LogP contribution >= 0.6 is 0 Å². The lowest BCUT2D eigenvalue weighted by Gasteiger charge is -2.21. The van der Waals surface area contributed by atoms with Gasteiger partial charge in [-0.25, -0.2) is 0 Å². The van der Waals surface area contributed by atoms with Gasteiger partial charge in [-0.2, -0.15) is 0 Å². The van der Waals surface area contributed by atoms with E-state index in [2.05, 4.69) is 67.5 Å². The smallest absolute Gasteiger partial charge is 0.0219 e. The van der Waals surface area contributed by atoms with Crippen molar-refractivity contribution >= 4 is 0 Å². The summed E-state index contributed by atoms with van der Waals surface area (Å²) in [6.07, 6.45) is 4.86. The minimum atomic E-state index is 0.620. The van der Waals surface area contributed by atoms with Gasteiger partial charge in [-0.05, 0) is 34.8 Å². The van der Waals surface area contributed by atoms with Crippen molar-refractivity contribution in [3.8, 4) is 0 Å². The summed E-state index contributed by atoms with van der Waals surface area (Å²) in [5.74, 6) is 2.50. The van der Waals surface area contributed by atoms with Crippen LogP contribution in [0.15, 0.2) is 23.3 Å². The Morgan fingerprint density at radius 2 is 0.812 bits per heavy atom. The zero-order chi connectivity index (χ0) is 12.9. The van der Waals surface area contributed by atoms with Crippen molar-refractivity contribution in [2.24, 2.45) is 23.7 Å². The highest BCUT2D eigenvalue weighted by atomic mass is 14.2. The van der Waals surface area contributed by atoms with Crippen LogP contribution in [0.4, 0.5) is 0 Å². The highest BCUT2D eigenvalue weighted by Gasteiger charge is 2.13. The summed E-state index contributed by atoms with van der Waals surface area (Å²) < 4.78 is 0. The van der Waals surface area contributed by atoms with Gasteiger partial charge in [-0.15, -0.1) is 0 Å². The molecule has 0 aliphatic carbocycles. The van der Waals surface area contributed by atoms with Crippen LogP contribution in [0.5, 0.6) is 0 Å². The molecule has 0 aliphatic heterocycles. The molecule has 0 fully saturated rings. The topological polar surface area (TPSA) is 0 Å². The third kappa shape index (κ3) is 5.53. The summed E-state index contributed by atoms with van der Waals surface area (Å²) in [6, 6.07) is 0. The SMILES string of the molecule is CC(C)/C=C(/C(=C/C(C)C)C(C)C)C(C)C. The Labute approximate surface area is 103 Å². The highest BCUT2D eigenvalue weighted by molar-refractivity contribution is 5.34. The Balaban J connectivity index is 5.29. The summed E-state index contributed by atoms with van der Waals surface area (Å²) >= 11 is 0. The van der Waals surface area contributed by atoms with E-state index in [1.807, 2.05) is 0 Å². The molecule has 0 unspecified atom stereocenters. The third-order valence-electron chi connectivity index (χ3n) is 2.60. The van der Waals surface area contributed by atoms with E-state index in [0.29, 0.717) is 23.7 Å². The van der Waals surface area contributed by atoms with Crippen LogP contribution in [0.25, 0.3) is 0 Å². The van der Waals surface area contributed by atoms with Crippen LogP contribution < -0.4 is 0 Å². The van der Waals surface area contributed by atoms with Crippen LogP contribution in [-0.4, -0.2) is 0 Å². The van der Waals surface area contributed by atoms with Gasteiger partial charge < -0.3 is 0 Å². The monoisotopic (exact) mass is 222 g/mol. The number of hydrogen-bond donors (Lipinski definition) is 0. The predicted octanol–water partition coefficient (Wildman–Crippen LogP) is 5.46. The van der Waals surface area contributed by atoms with Gasteiger partial charge in [-0.3, -0.25) is 0 Å². The van der Waals surface area contributed by atoms with Gasteiger partial charge in [-0.1, -0.05) is 67.5 Å². The average molecular weight is 222 g/mol. The van der Waals surface area contributed by atoms with E-state index in [0.717, 1.165) is 0 Å². The first kappa shape index (κ1) is 15.5. The first-order chi connectivity index (χ1) is 7.25. The molecule has 0 saturated carbocycles. The number of rotatable bonds is 5. The molecule has 0 rings (SSSR count). The summed E-state index contributed by atoms with van der Waals surface area (Å²) in [5.41, 5.74) is 3.08. The molecule has 16 heavy (non-hydrogen) atoms. The van der Waals surface area contributed by atoms with Gasteiger partial charge in [0, 0.05) is 0 Å². The van der Waals surface area contributed by atoms with Crippen LogP contribution in [0.2, 0.25) is 0 Å². The molecule has 0 radical (unpaired) electrons. The maximum Gasteiger partial charge on any atom is -0.0219 e. The first-order valence-corrected chi connectivity index (χ1v) is 6.69. The van der Waals surface area contributed by atoms with Gasteiger partial charge in [0.2, 0.25) is 0 Å². The Kier molecular flexibility index (Phi) is 6.71. The normalized spacial score (nSPS) is 14.8. The minimum Gasteiger partial charge on any atom is -0.0782 e. The fraction of sp³-hybridized carbons (Fsp3) is 0.750. The maximum atomic E-state index is 2.43. The quantitative estimate of drug-likeness (QED) is 0.542. The summed E-state index contributed by atoms with van der Waals surface area (Å²) in [6.45, 7) is 18.2. The van der Waals surface area contributed by atoms with Gasteiger partial charge in [0.1, 0.15) is 0 Å². The first-order valence-electron chi connectivity index (χ1n) is 6.69. The zero-order valence-corrected chi connectivity index (χ0v) is 12.5. The summed E-state index contributed by atoms with van der Waals surface area (Å²) in [4.78, 5) is 0. The van der Waals surface area contributed by atoms with E-state index in [9.17, 15) is 0 Å². The number of hydrogen-bond acceptors (Lipinski definition) is 0. The van der Waals surface area contributed by atoms with Crippen molar-refractivity contribution in [1.82, 2.24) is 0 Å². The largest absolute Gasteiger partial charge is 0.0782 e. The average Bonchev–Trinajstić information content (AvgIpc) is 2.09. The second-order valence-corrected chi connectivity index (χ2v) is 6.04. The molecular formula is C16H30. The third-order valence-corrected chi connectivity index (χ3v) is 2.60. The zero-order valence-electron chi connectivity index (χ0n) is 12.5. The standard InChI is InChI=1S/C16H30/c1-11(2)9-15(13(5)6)16(14(7)8)10-12(3)4/h9-14H,1-8H3/b15-9+,16-10+. The fourth-order valence-corrected chi connectivity index (χ4v) is 1.96. The summed E-state index contributed by atoms with van der Waals surface area (Å²) in [7, 11) is 0. The van der Waals surface area contributed by atoms with Crippen molar-refractivity contribution in [3.05, 3.63) is 23.3 Å².